The van der Waals surface area contributed by atoms with E-state index in [0.29, 0.717) is 18.9 Å². The maximum Gasteiger partial charge on any atom is 0.337 e. The first-order chi connectivity index (χ1) is 9.43. The van der Waals surface area contributed by atoms with Gasteiger partial charge in [0, 0.05) is 6.42 Å². The number of carboxylic acid groups (broad SMARTS) is 1. The first-order valence-electron chi connectivity index (χ1n) is 6.46. The molecule has 4 N–H and O–H groups in total. The van der Waals surface area contributed by atoms with Gasteiger partial charge in [-0.1, -0.05) is 6.92 Å². The van der Waals surface area contributed by atoms with E-state index < -0.39 is 11.8 Å². The molecule has 5 nitrogen and oxygen atoms in total. The zero-order chi connectivity index (χ0) is 15.1. The Labute approximate surface area is 117 Å². The SMILES string of the molecule is CC(CCN)CCC(=O)Nc1cc(F)ccc1C(=O)O. The van der Waals surface area contributed by atoms with Gasteiger partial charge in [-0.2, -0.15) is 0 Å². The van der Waals surface area contributed by atoms with Crippen LogP contribution in [0.3, 0.4) is 0 Å². The molecular weight excluding hydrogens is 263 g/mol. The summed E-state index contributed by atoms with van der Waals surface area (Å²) in [7, 11) is 0. The van der Waals surface area contributed by atoms with Gasteiger partial charge in [0.15, 0.2) is 0 Å². The van der Waals surface area contributed by atoms with Crippen LogP contribution in [0.15, 0.2) is 18.2 Å². The van der Waals surface area contributed by atoms with Crippen molar-refractivity contribution in [2.24, 2.45) is 11.7 Å². The average molecular weight is 282 g/mol. The molecule has 20 heavy (non-hydrogen) atoms. The standard InChI is InChI=1S/C14H19FN2O3/c1-9(6-7-16)2-5-13(18)17-12-8-10(15)3-4-11(12)14(19)20/h3-4,8-9H,2,5-7,16H2,1H3,(H,17,18)(H,19,20). The number of halogens is 1. The van der Waals surface area contributed by atoms with Crippen molar-refractivity contribution in [3.05, 3.63) is 29.6 Å². The second-order valence-corrected chi connectivity index (χ2v) is 4.76. The van der Waals surface area contributed by atoms with E-state index in [1.54, 1.807) is 0 Å². The Morgan fingerprint density at radius 2 is 2.10 bits per heavy atom. The lowest BCUT2D eigenvalue weighted by Crippen LogP contribution is -2.16. The predicted molar refractivity (Wildman–Crippen MR) is 74.1 cm³/mol. The number of hydrogen-bond acceptors (Lipinski definition) is 3. The number of carbonyl (C=O) groups excluding carboxylic acids is 1. The van der Waals surface area contributed by atoms with E-state index in [2.05, 4.69) is 5.32 Å². The molecule has 0 radical (unpaired) electrons. The molecule has 1 atom stereocenters. The fourth-order valence-electron chi connectivity index (χ4n) is 1.83. The number of aromatic carboxylic acids is 1. The zero-order valence-corrected chi connectivity index (χ0v) is 11.4. The summed E-state index contributed by atoms with van der Waals surface area (Å²) in [5.41, 5.74) is 5.27. The summed E-state index contributed by atoms with van der Waals surface area (Å²) in [6.45, 7) is 2.56. The van der Waals surface area contributed by atoms with Crippen LogP contribution in [0.4, 0.5) is 10.1 Å². The van der Waals surface area contributed by atoms with Crippen molar-refractivity contribution >= 4 is 17.6 Å². The molecule has 0 saturated heterocycles. The molecule has 1 rings (SSSR count). The number of nitrogens with one attached hydrogen (secondary N) is 1. The van der Waals surface area contributed by atoms with Crippen molar-refractivity contribution < 1.29 is 19.1 Å². The van der Waals surface area contributed by atoms with Crippen molar-refractivity contribution in [2.45, 2.75) is 26.2 Å². The highest BCUT2D eigenvalue weighted by atomic mass is 19.1. The summed E-state index contributed by atoms with van der Waals surface area (Å²) in [5.74, 6) is -1.82. The van der Waals surface area contributed by atoms with E-state index in [9.17, 15) is 14.0 Å². The topological polar surface area (TPSA) is 92.4 Å². The van der Waals surface area contributed by atoms with E-state index in [4.69, 9.17) is 10.8 Å². The van der Waals surface area contributed by atoms with E-state index >= 15 is 0 Å². The first-order valence-corrected chi connectivity index (χ1v) is 6.46. The number of rotatable bonds is 7. The summed E-state index contributed by atoms with van der Waals surface area (Å²) in [5, 5.41) is 11.4. The van der Waals surface area contributed by atoms with Crippen LogP contribution < -0.4 is 11.1 Å². The van der Waals surface area contributed by atoms with Gasteiger partial charge in [0.25, 0.3) is 0 Å². The average Bonchev–Trinajstić information content (AvgIpc) is 2.36. The van der Waals surface area contributed by atoms with Crippen molar-refractivity contribution in [2.75, 3.05) is 11.9 Å². The fraction of sp³-hybridized carbons (Fsp3) is 0.429. The summed E-state index contributed by atoms with van der Waals surface area (Å²) >= 11 is 0. The van der Waals surface area contributed by atoms with Gasteiger partial charge < -0.3 is 16.2 Å². The number of hydrogen-bond donors (Lipinski definition) is 3. The molecular formula is C14H19FN2O3. The Morgan fingerprint density at radius 1 is 1.40 bits per heavy atom. The largest absolute Gasteiger partial charge is 0.478 e. The van der Waals surface area contributed by atoms with Crippen molar-refractivity contribution in [3.8, 4) is 0 Å². The third-order valence-electron chi connectivity index (χ3n) is 3.01. The molecule has 0 saturated carbocycles. The smallest absolute Gasteiger partial charge is 0.337 e. The van der Waals surface area contributed by atoms with Gasteiger partial charge in [-0.25, -0.2) is 9.18 Å². The molecule has 0 fully saturated rings. The van der Waals surface area contributed by atoms with Crippen molar-refractivity contribution in [1.29, 1.82) is 0 Å². The monoisotopic (exact) mass is 282 g/mol. The summed E-state index contributed by atoms with van der Waals surface area (Å²) < 4.78 is 13.1. The lowest BCUT2D eigenvalue weighted by molar-refractivity contribution is -0.116. The van der Waals surface area contributed by atoms with Gasteiger partial charge in [0.2, 0.25) is 5.91 Å². The number of carboxylic acids is 1. The third kappa shape index (κ3) is 4.97. The molecule has 1 aromatic rings. The molecule has 1 unspecified atom stereocenters. The highest BCUT2D eigenvalue weighted by Crippen LogP contribution is 2.18. The second kappa shape index (κ2) is 7.59. The van der Waals surface area contributed by atoms with Gasteiger partial charge in [-0.05, 0) is 43.5 Å². The summed E-state index contributed by atoms with van der Waals surface area (Å²) in [6, 6.07) is 3.18. The molecule has 6 heteroatoms. The Hall–Kier alpha value is -1.95. The molecule has 0 aromatic heterocycles. The lowest BCUT2D eigenvalue weighted by atomic mass is 10.0. The molecule has 1 amide bonds. The normalized spacial score (nSPS) is 11.9. The third-order valence-corrected chi connectivity index (χ3v) is 3.01. The van der Waals surface area contributed by atoms with Gasteiger partial charge in [0.05, 0.1) is 11.3 Å². The molecule has 1 aromatic carbocycles. The minimum Gasteiger partial charge on any atom is -0.478 e. The van der Waals surface area contributed by atoms with Gasteiger partial charge in [-0.15, -0.1) is 0 Å². The molecule has 0 aliphatic carbocycles. The second-order valence-electron chi connectivity index (χ2n) is 4.76. The maximum absolute atomic E-state index is 13.1. The first kappa shape index (κ1) is 16.1. The van der Waals surface area contributed by atoms with Crippen LogP contribution in [-0.4, -0.2) is 23.5 Å². The van der Waals surface area contributed by atoms with Gasteiger partial charge in [-0.3, -0.25) is 4.79 Å². The van der Waals surface area contributed by atoms with E-state index in [0.717, 1.165) is 24.6 Å². The molecule has 0 aliphatic rings. The van der Waals surface area contributed by atoms with E-state index in [1.807, 2.05) is 6.92 Å². The van der Waals surface area contributed by atoms with Crippen LogP contribution >= 0.6 is 0 Å². The van der Waals surface area contributed by atoms with Crippen LogP contribution in [0.5, 0.6) is 0 Å². The number of anilines is 1. The quantitative estimate of drug-likeness (QED) is 0.715. The highest BCUT2D eigenvalue weighted by Gasteiger charge is 2.14. The molecule has 0 heterocycles. The van der Waals surface area contributed by atoms with E-state index in [1.165, 1.54) is 0 Å². The van der Waals surface area contributed by atoms with Crippen LogP contribution in [-0.2, 0) is 4.79 Å². The Bertz CT molecular complexity index is 491. The molecule has 0 aliphatic heterocycles. The summed E-state index contributed by atoms with van der Waals surface area (Å²) in [6.07, 6.45) is 1.73. The lowest BCUT2D eigenvalue weighted by Gasteiger charge is -2.11. The minimum absolute atomic E-state index is 0.0195. The predicted octanol–water partition coefficient (Wildman–Crippen LogP) is 2.23. The Balaban J connectivity index is 2.66. The minimum atomic E-state index is -1.21. The fourth-order valence-corrected chi connectivity index (χ4v) is 1.83. The molecule has 0 spiro atoms. The molecule has 0 bridgehead atoms. The van der Waals surface area contributed by atoms with Gasteiger partial charge in [0.1, 0.15) is 5.82 Å². The van der Waals surface area contributed by atoms with Crippen molar-refractivity contribution in [3.63, 3.8) is 0 Å². The highest BCUT2D eigenvalue weighted by molar-refractivity contribution is 6.00. The summed E-state index contributed by atoms with van der Waals surface area (Å²) in [4.78, 5) is 22.7. The maximum atomic E-state index is 13.1. The number of nitrogens with two attached hydrogens (primary N) is 1. The number of benzene rings is 1. The van der Waals surface area contributed by atoms with Gasteiger partial charge >= 0.3 is 5.97 Å². The molecule has 110 valence electrons. The van der Waals surface area contributed by atoms with Crippen LogP contribution in [0.2, 0.25) is 0 Å². The van der Waals surface area contributed by atoms with Crippen LogP contribution in [0.1, 0.15) is 36.5 Å². The van der Waals surface area contributed by atoms with Crippen LogP contribution in [0.25, 0.3) is 0 Å². The number of amides is 1. The van der Waals surface area contributed by atoms with Crippen LogP contribution in [0, 0.1) is 11.7 Å². The Morgan fingerprint density at radius 3 is 2.70 bits per heavy atom. The van der Waals surface area contributed by atoms with Crippen molar-refractivity contribution in [1.82, 2.24) is 0 Å². The van der Waals surface area contributed by atoms with E-state index in [-0.39, 0.29) is 23.6 Å². The number of carbonyl (C=O) groups is 2. The zero-order valence-electron chi connectivity index (χ0n) is 11.4. The Kier molecular flexibility index (Phi) is 6.11.